The molecule has 2 amide bonds. The molecule has 0 aliphatic carbocycles. The van der Waals surface area contributed by atoms with Gasteiger partial charge in [-0.25, -0.2) is 0 Å². The fourth-order valence-corrected chi connectivity index (χ4v) is 3.28. The summed E-state index contributed by atoms with van der Waals surface area (Å²) >= 11 is 6.00. The number of carbonyl (C=O) groups is 2. The van der Waals surface area contributed by atoms with Crippen LogP contribution in [0.2, 0.25) is 5.02 Å². The van der Waals surface area contributed by atoms with Gasteiger partial charge in [0.05, 0.1) is 12.6 Å². The monoisotopic (exact) mass is 420 g/mol. The van der Waals surface area contributed by atoms with Crippen molar-refractivity contribution in [3.63, 3.8) is 0 Å². The van der Waals surface area contributed by atoms with Crippen molar-refractivity contribution in [2.75, 3.05) is 6.54 Å². The summed E-state index contributed by atoms with van der Waals surface area (Å²) in [5, 5.41) is 6.33. The summed E-state index contributed by atoms with van der Waals surface area (Å²) in [7, 11) is 0. The van der Waals surface area contributed by atoms with Crippen molar-refractivity contribution in [3.05, 3.63) is 106 Å². The average molecular weight is 421 g/mol. The Morgan fingerprint density at radius 2 is 1.37 bits per heavy atom. The molecule has 0 aliphatic heterocycles. The molecule has 1 atom stereocenters. The molecule has 0 aliphatic rings. The average Bonchev–Trinajstić information content (AvgIpc) is 2.77. The molecule has 1 unspecified atom stereocenters. The van der Waals surface area contributed by atoms with E-state index in [4.69, 9.17) is 11.6 Å². The third-order valence-corrected chi connectivity index (χ3v) is 5.14. The Kier molecular flexibility index (Phi) is 7.26. The van der Waals surface area contributed by atoms with Crippen LogP contribution in [0.1, 0.15) is 52.9 Å². The molecular weight excluding hydrogens is 396 g/mol. The van der Waals surface area contributed by atoms with E-state index in [0.717, 1.165) is 16.7 Å². The van der Waals surface area contributed by atoms with Gasteiger partial charge in [-0.1, -0.05) is 80.0 Å². The van der Waals surface area contributed by atoms with E-state index < -0.39 is 0 Å². The number of hydrogen-bond acceptors (Lipinski definition) is 2. The van der Waals surface area contributed by atoms with Crippen molar-refractivity contribution in [1.82, 2.24) is 10.6 Å². The highest BCUT2D eigenvalue weighted by Gasteiger charge is 2.17. The minimum atomic E-state index is -0.335. The lowest BCUT2D eigenvalue weighted by Gasteiger charge is -2.20. The van der Waals surface area contributed by atoms with E-state index in [0.29, 0.717) is 16.5 Å². The maximum absolute atomic E-state index is 12.6. The van der Waals surface area contributed by atoms with Gasteiger partial charge in [-0.15, -0.1) is 0 Å². The summed E-state index contributed by atoms with van der Waals surface area (Å²) in [6.45, 7) is 4.09. The van der Waals surface area contributed by atoms with Gasteiger partial charge in [-0.05, 0) is 46.9 Å². The number of rotatable bonds is 7. The van der Waals surface area contributed by atoms with Crippen molar-refractivity contribution >= 4 is 23.4 Å². The van der Waals surface area contributed by atoms with Crippen molar-refractivity contribution in [2.24, 2.45) is 0 Å². The van der Waals surface area contributed by atoms with Gasteiger partial charge in [0.2, 0.25) is 5.91 Å². The molecule has 0 fully saturated rings. The quantitative estimate of drug-likeness (QED) is 0.558. The molecule has 0 radical (unpaired) electrons. The summed E-state index contributed by atoms with van der Waals surface area (Å²) in [5.41, 5.74) is 3.56. The number of amides is 2. The number of hydrogen-bond donors (Lipinski definition) is 2. The van der Waals surface area contributed by atoms with E-state index in [1.807, 2.05) is 54.6 Å². The van der Waals surface area contributed by atoms with Crippen LogP contribution in [0.3, 0.4) is 0 Å². The molecule has 3 rings (SSSR count). The van der Waals surface area contributed by atoms with Gasteiger partial charge in [0.1, 0.15) is 0 Å². The van der Waals surface area contributed by atoms with Gasteiger partial charge >= 0.3 is 0 Å². The van der Waals surface area contributed by atoms with Crippen LogP contribution in [-0.2, 0) is 4.79 Å². The van der Waals surface area contributed by atoms with Crippen molar-refractivity contribution in [3.8, 4) is 0 Å². The molecule has 0 bridgehead atoms. The van der Waals surface area contributed by atoms with E-state index in [9.17, 15) is 9.59 Å². The van der Waals surface area contributed by atoms with Gasteiger partial charge in [0, 0.05) is 10.6 Å². The third kappa shape index (κ3) is 5.71. The molecule has 0 saturated heterocycles. The Bertz CT molecular complexity index is 984. The van der Waals surface area contributed by atoms with Gasteiger partial charge in [-0.2, -0.15) is 0 Å². The van der Waals surface area contributed by atoms with Crippen LogP contribution in [0.5, 0.6) is 0 Å². The third-order valence-electron chi connectivity index (χ3n) is 4.89. The standard InChI is InChI=1S/C25H25ClN2O2/c1-17(2)18-8-10-21(11-9-18)25(30)27-16-23(29)28-24(19-6-4-3-5-7-19)20-12-14-22(26)15-13-20/h3-15,17,24H,16H2,1-2H3,(H,27,30)(H,28,29). The van der Waals surface area contributed by atoms with Crippen LogP contribution >= 0.6 is 11.6 Å². The molecule has 3 aromatic rings. The first-order valence-electron chi connectivity index (χ1n) is 9.92. The van der Waals surface area contributed by atoms with E-state index in [-0.39, 0.29) is 24.4 Å². The summed E-state index contributed by atoms with van der Waals surface area (Å²) in [4.78, 5) is 25.0. The maximum Gasteiger partial charge on any atom is 0.251 e. The molecule has 0 spiro atoms. The molecule has 2 N–H and O–H groups in total. The zero-order chi connectivity index (χ0) is 21.5. The molecule has 0 saturated carbocycles. The first-order valence-corrected chi connectivity index (χ1v) is 10.3. The van der Waals surface area contributed by atoms with Gasteiger partial charge in [0.25, 0.3) is 5.91 Å². The second kappa shape index (κ2) is 10.1. The number of benzene rings is 3. The van der Waals surface area contributed by atoms with Gasteiger partial charge in [-0.3, -0.25) is 9.59 Å². The smallest absolute Gasteiger partial charge is 0.251 e. The van der Waals surface area contributed by atoms with Crippen LogP contribution in [0, 0.1) is 0 Å². The highest BCUT2D eigenvalue weighted by molar-refractivity contribution is 6.30. The number of nitrogens with one attached hydrogen (secondary N) is 2. The predicted molar refractivity (Wildman–Crippen MR) is 121 cm³/mol. The molecule has 0 heterocycles. The normalized spacial score (nSPS) is 11.7. The molecule has 154 valence electrons. The van der Waals surface area contributed by atoms with E-state index in [1.165, 1.54) is 0 Å². The molecule has 3 aromatic carbocycles. The van der Waals surface area contributed by atoms with E-state index in [2.05, 4.69) is 24.5 Å². The molecule has 0 aromatic heterocycles. The minimum Gasteiger partial charge on any atom is -0.344 e. The van der Waals surface area contributed by atoms with Crippen LogP contribution in [-0.4, -0.2) is 18.4 Å². The lowest BCUT2D eigenvalue weighted by molar-refractivity contribution is -0.120. The summed E-state index contributed by atoms with van der Waals surface area (Å²) in [5.74, 6) is -0.148. The van der Waals surface area contributed by atoms with Crippen LogP contribution < -0.4 is 10.6 Å². The Hall–Kier alpha value is -3.11. The van der Waals surface area contributed by atoms with Gasteiger partial charge in [0.15, 0.2) is 0 Å². The second-order valence-corrected chi connectivity index (χ2v) is 7.86. The van der Waals surface area contributed by atoms with Crippen molar-refractivity contribution < 1.29 is 9.59 Å². The maximum atomic E-state index is 12.6. The van der Waals surface area contributed by atoms with Crippen LogP contribution in [0.15, 0.2) is 78.9 Å². The van der Waals surface area contributed by atoms with Gasteiger partial charge < -0.3 is 10.6 Å². The highest BCUT2D eigenvalue weighted by atomic mass is 35.5. The fraction of sp³-hybridized carbons (Fsp3) is 0.200. The SMILES string of the molecule is CC(C)c1ccc(C(=O)NCC(=O)NC(c2ccccc2)c2ccc(Cl)cc2)cc1. The minimum absolute atomic E-state index is 0.109. The fourth-order valence-electron chi connectivity index (χ4n) is 3.15. The highest BCUT2D eigenvalue weighted by Crippen LogP contribution is 2.23. The second-order valence-electron chi connectivity index (χ2n) is 7.42. The molecule has 30 heavy (non-hydrogen) atoms. The van der Waals surface area contributed by atoms with Crippen LogP contribution in [0.4, 0.5) is 0 Å². The lowest BCUT2D eigenvalue weighted by Crippen LogP contribution is -2.39. The number of halogens is 1. The first kappa shape index (κ1) is 21.6. The van der Waals surface area contributed by atoms with Crippen molar-refractivity contribution in [2.45, 2.75) is 25.8 Å². The van der Waals surface area contributed by atoms with Crippen molar-refractivity contribution in [1.29, 1.82) is 0 Å². The predicted octanol–water partition coefficient (Wildman–Crippen LogP) is 5.10. The molecule has 5 heteroatoms. The number of carbonyl (C=O) groups excluding carboxylic acids is 2. The Morgan fingerprint density at radius 3 is 1.97 bits per heavy atom. The Labute approximate surface area is 182 Å². The van der Waals surface area contributed by atoms with E-state index >= 15 is 0 Å². The van der Waals surface area contributed by atoms with E-state index in [1.54, 1.807) is 24.3 Å². The summed E-state index contributed by atoms with van der Waals surface area (Å²) in [6, 6.07) is 24.1. The molecule has 4 nitrogen and oxygen atoms in total. The first-order chi connectivity index (χ1) is 14.4. The lowest BCUT2D eigenvalue weighted by atomic mass is 9.98. The zero-order valence-electron chi connectivity index (χ0n) is 17.1. The Balaban J connectivity index is 1.65. The molecular formula is C25H25ClN2O2. The largest absolute Gasteiger partial charge is 0.344 e. The zero-order valence-corrected chi connectivity index (χ0v) is 17.8. The van der Waals surface area contributed by atoms with Crippen LogP contribution in [0.25, 0.3) is 0 Å². The Morgan fingerprint density at radius 1 is 0.800 bits per heavy atom. The summed E-state index contributed by atoms with van der Waals surface area (Å²) < 4.78 is 0. The summed E-state index contributed by atoms with van der Waals surface area (Å²) in [6.07, 6.45) is 0. The topological polar surface area (TPSA) is 58.2 Å².